The van der Waals surface area contributed by atoms with Crippen molar-refractivity contribution < 1.29 is 4.79 Å². The lowest BCUT2D eigenvalue weighted by Gasteiger charge is -2.32. The average Bonchev–Trinajstić information content (AvgIpc) is 3.02. The molecule has 0 aliphatic carbocycles. The van der Waals surface area contributed by atoms with Crippen molar-refractivity contribution in [1.29, 1.82) is 0 Å². The summed E-state index contributed by atoms with van der Waals surface area (Å²) in [4.78, 5) is 27.5. The minimum atomic E-state index is -0.156. The maximum Gasteiger partial charge on any atom is 0.250 e. The highest BCUT2D eigenvalue weighted by Crippen LogP contribution is 2.24. The van der Waals surface area contributed by atoms with Crippen molar-refractivity contribution in [1.82, 2.24) is 14.8 Å². The predicted molar refractivity (Wildman–Crippen MR) is 91.6 cm³/mol. The normalized spacial score (nSPS) is 15.9. The molecule has 0 bridgehead atoms. The van der Waals surface area contributed by atoms with Crippen molar-refractivity contribution in [2.24, 2.45) is 0 Å². The Balaban J connectivity index is 1.49. The number of carbonyl (C=O) groups excluding carboxylic acids is 1. The lowest BCUT2D eigenvalue weighted by molar-refractivity contribution is -0.122. The fourth-order valence-electron chi connectivity index (χ4n) is 2.84. The molecular weight excluding hydrogens is 310 g/mol. The number of nitrogens with one attached hydrogen (secondary N) is 1. The highest BCUT2D eigenvalue weighted by atomic mass is 32.1. The fourth-order valence-corrected chi connectivity index (χ4v) is 3.73. The van der Waals surface area contributed by atoms with E-state index in [1.807, 2.05) is 11.3 Å². The summed E-state index contributed by atoms with van der Waals surface area (Å²) in [5.41, 5.74) is 1.26. The zero-order valence-electron chi connectivity index (χ0n) is 13.2. The Morgan fingerprint density at radius 2 is 2.26 bits per heavy atom. The molecule has 1 amide bonds. The lowest BCUT2D eigenvalue weighted by atomic mass is 10.1. The smallest absolute Gasteiger partial charge is 0.250 e. The number of thiophene rings is 1. The molecular formula is C17H21N3O2S. The Hall–Kier alpha value is -1.92. The molecule has 1 N–H and O–H groups in total. The molecule has 1 aliphatic heterocycles. The van der Waals surface area contributed by atoms with Gasteiger partial charge in [0.1, 0.15) is 6.54 Å². The molecule has 0 saturated heterocycles. The molecule has 3 rings (SSSR count). The van der Waals surface area contributed by atoms with Crippen LogP contribution in [0.25, 0.3) is 0 Å². The van der Waals surface area contributed by atoms with Crippen LogP contribution in [-0.2, 0) is 24.3 Å². The first-order valence-electron chi connectivity index (χ1n) is 7.85. The van der Waals surface area contributed by atoms with E-state index in [2.05, 4.69) is 28.6 Å². The number of hydrogen-bond donors (Lipinski definition) is 1. The molecule has 122 valence electrons. The Kier molecular flexibility index (Phi) is 4.93. The second-order valence-electron chi connectivity index (χ2n) is 5.91. The van der Waals surface area contributed by atoms with Gasteiger partial charge in [-0.3, -0.25) is 14.5 Å². The molecule has 23 heavy (non-hydrogen) atoms. The molecule has 1 aliphatic rings. The van der Waals surface area contributed by atoms with Crippen molar-refractivity contribution in [3.63, 3.8) is 0 Å². The van der Waals surface area contributed by atoms with Crippen LogP contribution in [-0.4, -0.2) is 34.5 Å². The van der Waals surface area contributed by atoms with Gasteiger partial charge in [0.2, 0.25) is 5.91 Å². The summed E-state index contributed by atoms with van der Waals surface area (Å²) < 4.78 is 1.42. The van der Waals surface area contributed by atoms with E-state index in [1.54, 1.807) is 18.3 Å². The number of fused-ring (bicyclic) bond motifs is 1. The number of carbonyl (C=O) groups is 1. The first kappa shape index (κ1) is 16.0. The number of pyridine rings is 1. The molecule has 2 aromatic rings. The molecule has 6 heteroatoms. The van der Waals surface area contributed by atoms with Crippen LogP contribution in [0, 0.1) is 0 Å². The van der Waals surface area contributed by atoms with Gasteiger partial charge in [-0.25, -0.2) is 0 Å². The van der Waals surface area contributed by atoms with Gasteiger partial charge in [0.25, 0.3) is 5.56 Å². The zero-order valence-corrected chi connectivity index (χ0v) is 14.0. The molecule has 0 fully saturated rings. The third-order valence-corrected chi connectivity index (χ3v) is 5.29. The lowest BCUT2D eigenvalue weighted by Crippen LogP contribution is -2.45. The van der Waals surface area contributed by atoms with Crippen LogP contribution < -0.4 is 10.9 Å². The average molecular weight is 331 g/mol. The second kappa shape index (κ2) is 7.10. The molecule has 0 radical (unpaired) electrons. The highest BCUT2D eigenvalue weighted by molar-refractivity contribution is 7.10. The largest absolute Gasteiger partial charge is 0.353 e. The minimum Gasteiger partial charge on any atom is -0.353 e. The molecule has 0 spiro atoms. The number of nitrogens with zero attached hydrogens (tertiary/aromatic N) is 2. The van der Waals surface area contributed by atoms with Gasteiger partial charge in [-0.15, -0.1) is 11.3 Å². The maximum absolute atomic E-state index is 12.0. The maximum atomic E-state index is 12.0. The van der Waals surface area contributed by atoms with Crippen LogP contribution in [0.1, 0.15) is 17.4 Å². The number of hydrogen-bond acceptors (Lipinski definition) is 4. The molecule has 2 aromatic heterocycles. The van der Waals surface area contributed by atoms with E-state index < -0.39 is 0 Å². The van der Waals surface area contributed by atoms with Gasteiger partial charge in [0.15, 0.2) is 0 Å². The van der Waals surface area contributed by atoms with Crippen molar-refractivity contribution in [3.8, 4) is 0 Å². The van der Waals surface area contributed by atoms with Crippen molar-refractivity contribution in [2.75, 3.05) is 13.1 Å². The molecule has 1 atom stereocenters. The van der Waals surface area contributed by atoms with E-state index in [1.165, 1.54) is 21.1 Å². The Labute approximate surface area is 139 Å². The van der Waals surface area contributed by atoms with E-state index in [-0.39, 0.29) is 24.1 Å². The van der Waals surface area contributed by atoms with Crippen LogP contribution in [0.2, 0.25) is 0 Å². The van der Waals surface area contributed by atoms with E-state index >= 15 is 0 Å². The summed E-state index contributed by atoms with van der Waals surface area (Å²) in [6, 6.07) is 7.36. The predicted octanol–water partition coefficient (Wildman–Crippen LogP) is 1.47. The monoisotopic (exact) mass is 331 g/mol. The van der Waals surface area contributed by atoms with Crippen molar-refractivity contribution >= 4 is 17.2 Å². The third-order valence-electron chi connectivity index (χ3n) is 4.27. The van der Waals surface area contributed by atoms with E-state index in [0.717, 1.165) is 19.5 Å². The summed E-state index contributed by atoms with van der Waals surface area (Å²) in [7, 11) is 0. The molecule has 0 aromatic carbocycles. The van der Waals surface area contributed by atoms with Crippen LogP contribution in [0.3, 0.4) is 0 Å². The van der Waals surface area contributed by atoms with Crippen LogP contribution in [0.4, 0.5) is 0 Å². The molecule has 0 saturated carbocycles. The number of rotatable bonds is 5. The van der Waals surface area contributed by atoms with Gasteiger partial charge < -0.3 is 9.88 Å². The van der Waals surface area contributed by atoms with Crippen LogP contribution in [0.15, 0.2) is 40.6 Å². The summed E-state index contributed by atoms with van der Waals surface area (Å²) in [6.07, 6.45) is 2.72. The SMILES string of the molecule is CC(CNC(=O)Cn1ccccc1=O)N1CCc2sccc2C1. The first-order chi connectivity index (χ1) is 11.1. The minimum absolute atomic E-state index is 0.0705. The van der Waals surface area contributed by atoms with E-state index in [4.69, 9.17) is 0 Å². The molecule has 5 nitrogen and oxygen atoms in total. The Morgan fingerprint density at radius 1 is 1.39 bits per heavy atom. The van der Waals surface area contributed by atoms with Crippen molar-refractivity contribution in [2.45, 2.75) is 32.5 Å². The summed E-state index contributed by atoms with van der Waals surface area (Å²) in [5, 5.41) is 5.09. The summed E-state index contributed by atoms with van der Waals surface area (Å²) in [6.45, 7) is 4.78. The van der Waals surface area contributed by atoms with Crippen LogP contribution >= 0.6 is 11.3 Å². The van der Waals surface area contributed by atoms with Gasteiger partial charge in [-0.1, -0.05) is 6.07 Å². The van der Waals surface area contributed by atoms with Crippen LogP contribution in [0.5, 0.6) is 0 Å². The molecule has 1 unspecified atom stereocenters. The summed E-state index contributed by atoms with van der Waals surface area (Å²) >= 11 is 1.83. The fraction of sp³-hybridized carbons (Fsp3) is 0.412. The zero-order chi connectivity index (χ0) is 16.2. The Morgan fingerprint density at radius 3 is 3.09 bits per heavy atom. The van der Waals surface area contributed by atoms with E-state index in [0.29, 0.717) is 6.54 Å². The quantitative estimate of drug-likeness (QED) is 0.903. The topological polar surface area (TPSA) is 54.3 Å². The van der Waals surface area contributed by atoms with Gasteiger partial charge >= 0.3 is 0 Å². The van der Waals surface area contributed by atoms with Gasteiger partial charge in [0.05, 0.1) is 0 Å². The first-order valence-corrected chi connectivity index (χ1v) is 8.73. The van der Waals surface area contributed by atoms with Crippen molar-refractivity contribution in [3.05, 3.63) is 56.6 Å². The van der Waals surface area contributed by atoms with Gasteiger partial charge in [0, 0.05) is 42.8 Å². The second-order valence-corrected chi connectivity index (χ2v) is 6.91. The third kappa shape index (κ3) is 3.89. The Bertz CT molecular complexity index is 737. The summed E-state index contributed by atoms with van der Waals surface area (Å²) in [5.74, 6) is -0.126. The number of aromatic nitrogens is 1. The van der Waals surface area contributed by atoms with E-state index in [9.17, 15) is 9.59 Å². The highest BCUT2D eigenvalue weighted by Gasteiger charge is 2.21. The number of amides is 1. The van der Waals surface area contributed by atoms with Gasteiger partial charge in [-0.05, 0) is 36.4 Å². The standard InChI is InChI=1S/C17H21N3O2S/c1-13(19-8-5-15-14(11-19)6-9-23-15)10-18-16(21)12-20-7-3-2-4-17(20)22/h2-4,6-7,9,13H,5,8,10-12H2,1H3,(H,18,21). The molecule has 3 heterocycles. The van der Waals surface area contributed by atoms with Gasteiger partial charge in [-0.2, -0.15) is 0 Å².